The molecule has 8 heteroatoms. The van der Waals surface area contributed by atoms with Gasteiger partial charge in [0.05, 0.1) is 0 Å². The van der Waals surface area contributed by atoms with E-state index >= 15 is 0 Å². The van der Waals surface area contributed by atoms with E-state index < -0.39 is 0 Å². The molecular formula is C23H24N6O2. The summed E-state index contributed by atoms with van der Waals surface area (Å²) in [5.41, 5.74) is 2.32. The van der Waals surface area contributed by atoms with Crippen LogP contribution in [0.3, 0.4) is 0 Å². The Balaban J connectivity index is 1.27. The molecule has 0 bridgehead atoms. The number of amides is 2. The molecule has 0 spiro atoms. The molecule has 1 unspecified atom stereocenters. The average molecular weight is 416 g/mol. The van der Waals surface area contributed by atoms with E-state index in [4.69, 9.17) is 0 Å². The summed E-state index contributed by atoms with van der Waals surface area (Å²) < 4.78 is 2.13. The highest BCUT2D eigenvalue weighted by atomic mass is 16.2. The second-order valence-corrected chi connectivity index (χ2v) is 8.03. The maximum absolute atomic E-state index is 12.9. The van der Waals surface area contributed by atoms with Gasteiger partial charge in [-0.1, -0.05) is 6.07 Å². The normalized spacial score (nSPS) is 18.5. The van der Waals surface area contributed by atoms with Crippen LogP contribution in [0.2, 0.25) is 0 Å². The van der Waals surface area contributed by atoms with E-state index in [-0.39, 0.29) is 17.9 Å². The number of carbonyl (C=O) groups is 2. The largest absolute Gasteiger partial charge is 0.349 e. The molecule has 8 nitrogen and oxygen atoms in total. The zero-order valence-corrected chi connectivity index (χ0v) is 17.2. The molecule has 0 aliphatic carbocycles. The summed E-state index contributed by atoms with van der Waals surface area (Å²) in [7, 11) is 0. The Hall–Kier alpha value is -3.55. The molecule has 1 saturated heterocycles. The fourth-order valence-electron chi connectivity index (χ4n) is 4.35. The van der Waals surface area contributed by atoms with Crippen LogP contribution in [0.25, 0.3) is 11.4 Å². The molecular weight excluding hydrogens is 392 g/mol. The number of nitrogens with one attached hydrogen (secondary N) is 1. The lowest BCUT2D eigenvalue weighted by Crippen LogP contribution is -2.35. The van der Waals surface area contributed by atoms with E-state index in [0.717, 1.165) is 55.1 Å². The number of aromatic nitrogens is 4. The predicted octanol–water partition coefficient (Wildman–Crippen LogP) is 2.60. The van der Waals surface area contributed by atoms with Gasteiger partial charge in [-0.15, -0.1) is 10.2 Å². The minimum atomic E-state index is -0.108. The summed E-state index contributed by atoms with van der Waals surface area (Å²) in [6.45, 7) is 1.45. The number of hydrogen-bond acceptors (Lipinski definition) is 5. The molecule has 2 aliphatic rings. The predicted molar refractivity (Wildman–Crippen MR) is 115 cm³/mol. The summed E-state index contributed by atoms with van der Waals surface area (Å²) in [6.07, 6.45) is 7.32. The molecule has 1 aromatic carbocycles. The first kappa shape index (κ1) is 19.4. The third-order valence-corrected chi connectivity index (χ3v) is 5.99. The van der Waals surface area contributed by atoms with Gasteiger partial charge in [0, 0.05) is 61.2 Å². The molecule has 2 aromatic heterocycles. The Kier molecular flexibility index (Phi) is 5.19. The first-order chi connectivity index (χ1) is 15.2. The van der Waals surface area contributed by atoms with Crippen molar-refractivity contribution in [2.24, 2.45) is 0 Å². The van der Waals surface area contributed by atoms with Crippen molar-refractivity contribution in [3.63, 3.8) is 0 Å². The first-order valence-corrected chi connectivity index (χ1v) is 10.7. The van der Waals surface area contributed by atoms with E-state index in [0.29, 0.717) is 18.5 Å². The van der Waals surface area contributed by atoms with Gasteiger partial charge in [-0.2, -0.15) is 0 Å². The second kappa shape index (κ2) is 8.29. The van der Waals surface area contributed by atoms with E-state index in [1.54, 1.807) is 23.4 Å². The molecule has 5 rings (SSSR count). The van der Waals surface area contributed by atoms with Crippen molar-refractivity contribution in [2.75, 3.05) is 11.4 Å². The Morgan fingerprint density at radius 2 is 2.00 bits per heavy atom. The number of aryl methyl sites for hydroxylation is 1. The van der Waals surface area contributed by atoms with Crippen LogP contribution in [-0.2, 0) is 17.8 Å². The van der Waals surface area contributed by atoms with Crippen LogP contribution < -0.4 is 10.2 Å². The van der Waals surface area contributed by atoms with Crippen LogP contribution >= 0.6 is 0 Å². The third kappa shape index (κ3) is 3.93. The SMILES string of the molecule is O=C(NC1CCc2nnc(-c3cccnc3)n2CC1)c1cccc(N2CCCC2=O)c1. The lowest BCUT2D eigenvalue weighted by molar-refractivity contribution is -0.117. The fourth-order valence-corrected chi connectivity index (χ4v) is 4.35. The van der Waals surface area contributed by atoms with Gasteiger partial charge in [-0.05, 0) is 49.6 Å². The van der Waals surface area contributed by atoms with Gasteiger partial charge in [-0.3, -0.25) is 14.6 Å². The zero-order valence-electron chi connectivity index (χ0n) is 17.2. The number of benzene rings is 1. The number of pyridine rings is 1. The van der Waals surface area contributed by atoms with Crippen molar-refractivity contribution >= 4 is 17.5 Å². The average Bonchev–Trinajstić information content (AvgIpc) is 3.37. The van der Waals surface area contributed by atoms with Crippen molar-refractivity contribution < 1.29 is 9.59 Å². The topological polar surface area (TPSA) is 93.0 Å². The summed E-state index contributed by atoms with van der Waals surface area (Å²) in [4.78, 5) is 30.9. The summed E-state index contributed by atoms with van der Waals surface area (Å²) >= 11 is 0. The number of carbonyl (C=O) groups excluding carboxylic acids is 2. The van der Waals surface area contributed by atoms with Gasteiger partial charge in [0.1, 0.15) is 5.82 Å². The van der Waals surface area contributed by atoms with Crippen LogP contribution in [0.4, 0.5) is 5.69 Å². The first-order valence-electron chi connectivity index (χ1n) is 10.7. The van der Waals surface area contributed by atoms with Gasteiger partial charge in [0.15, 0.2) is 5.82 Å². The highest BCUT2D eigenvalue weighted by Crippen LogP contribution is 2.24. The van der Waals surface area contributed by atoms with Crippen molar-refractivity contribution in [1.82, 2.24) is 25.1 Å². The quantitative estimate of drug-likeness (QED) is 0.706. The molecule has 2 amide bonds. The molecule has 1 N–H and O–H groups in total. The standard InChI is InChI=1S/C23H24N6O2/c30-21-7-3-12-28(21)19-6-1-4-16(14-19)23(31)25-18-8-9-20-26-27-22(29(20)13-10-18)17-5-2-11-24-15-17/h1-2,4-6,11,14-15,18H,3,7-10,12-13H2,(H,25,31). The van der Waals surface area contributed by atoms with Gasteiger partial charge in [0.25, 0.3) is 5.91 Å². The lowest BCUT2D eigenvalue weighted by atomic mass is 10.1. The van der Waals surface area contributed by atoms with Crippen molar-refractivity contribution in [3.8, 4) is 11.4 Å². The Labute approximate surface area is 180 Å². The maximum atomic E-state index is 12.9. The van der Waals surface area contributed by atoms with Gasteiger partial charge >= 0.3 is 0 Å². The number of hydrogen-bond donors (Lipinski definition) is 1. The number of anilines is 1. The van der Waals surface area contributed by atoms with E-state index in [9.17, 15) is 9.59 Å². The Morgan fingerprint density at radius 1 is 1.06 bits per heavy atom. The molecule has 4 heterocycles. The fraction of sp³-hybridized carbons (Fsp3) is 0.348. The van der Waals surface area contributed by atoms with E-state index in [2.05, 4.69) is 25.1 Å². The number of rotatable bonds is 4. The van der Waals surface area contributed by atoms with Gasteiger partial charge in [-0.25, -0.2) is 0 Å². The van der Waals surface area contributed by atoms with Gasteiger partial charge in [0.2, 0.25) is 5.91 Å². The van der Waals surface area contributed by atoms with Crippen LogP contribution in [-0.4, -0.2) is 44.1 Å². The monoisotopic (exact) mass is 416 g/mol. The molecule has 1 atom stereocenters. The van der Waals surface area contributed by atoms with Gasteiger partial charge < -0.3 is 14.8 Å². The zero-order chi connectivity index (χ0) is 21.2. The van der Waals surface area contributed by atoms with Crippen LogP contribution in [0.15, 0.2) is 48.8 Å². The minimum Gasteiger partial charge on any atom is -0.349 e. The van der Waals surface area contributed by atoms with E-state index in [1.807, 2.05) is 30.3 Å². The molecule has 158 valence electrons. The Morgan fingerprint density at radius 3 is 2.81 bits per heavy atom. The minimum absolute atomic E-state index is 0.0491. The smallest absolute Gasteiger partial charge is 0.251 e. The number of nitrogens with zero attached hydrogens (tertiary/aromatic N) is 5. The molecule has 1 fully saturated rings. The summed E-state index contributed by atoms with van der Waals surface area (Å²) in [5.74, 6) is 1.76. The van der Waals surface area contributed by atoms with E-state index in [1.165, 1.54) is 0 Å². The van der Waals surface area contributed by atoms with Crippen molar-refractivity contribution in [1.29, 1.82) is 0 Å². The lowest BCUT2D eigenvalue weighted by Gasteiger charge is -2.19. The highest BCUT2D eigenvalue weighted by molar-refractivity contribution is 5.99. The second-order valence-electron chi connectivity index (χ2n) is 8.03. The highest BCUT2D eigenvalue weighted by Gasteiger charge is 2.24. The summed E-state index contributed by atoms with van der Waals surface area (Å²) in [6, 6.07) is 11.2. The van der Waals surface area contributed by atoms with Crippen LogP contribution in [0.1, 0.15) is 41.9 Å². The maximum Gasteiger partial charge on any atom is 0.251 e. The number of fused-ring (bicyclic) bond motifs is 1. The Bertz CT molecular complexity index is 1110. The molecule has 31 heavy (non-hydrogen) atoms. The molecule has 3 aromatic rings. The summed E-state index contributed by atoms with van der Waals surface area (Å²) in [5, 5.41) is 11.9. The van der Waals surface area contributed by atoms with Crippen LogP contribution in [0.5, 0.6) is 0 Å². The van der Waals surface area contributed by atoms with Crippen LogP contribution in [0, 0.1) is 0 Å². The molecule has 0 radical (unpaired) electrons. The van der Waals surface area contributed by atoms with Crippen molar-refractivity contribution in [2.45, 2.75) is 44.7 Å². The molecule has 2 aliphatic heterocycles. The van der Waals surface area contributed by atoms with Crippen molar-refractivity contribution in [3.05, 3.63) is 60.2 Å². The molecule has 0 saturated carbocycles. The third-order valence-electron chi connectivity index (χ3n) is 5.99.